The molecule has 0 saturated carbocycles. The van der Waals surface area contributed by atoms with Gasteiger partial charge in [-0.2, -0.15) is 4.72 Å². The number of ether oxygens (including phenoxy) is 2. The van der Waals surface area contributed by atoms with Crippen molar-refractivity contribution in [3.63, 3.8) is 0 Å². The summed E-state index contributed by atoms with van der Waals surface area (Å²) in [4.78, 5) is 17.6. The van der Waals surface area contributed by atoms with Crippen LogP contribution in [0.1, 0.15) is 13.8 Å². The van der Waals surface area contributed by atoms with E-state index in [1.807, 2.05) is 24.3 Å². The minimum absolute atomic E-state index is 0.0780. The van der Waals surface area contributed by atoms with Gasteiger partial charge < -0.3 is 9.47 Å². The highest BCUT2D eigenvalue weighted by Gasteiger charge is 2.29. The largest absolute Gasteiger partial charge is 0.497 e. The van der Waals surface area contributed by atoms with Crippen LogP contribution in [0.3, 0.4) is 0 Å². The topological polar surface area (TPSA) is 94.6 Å². The summed E-state index contributed by atoms with van der Waals surface area (Å²) in [7, 11) is -1.05. The Balaban J connectivity index is 1.84. The zero-order chi connectivity index (χ0) is 21.9. The van der Waals surface area contributed by atoms with Crippen molar-refractivity contribution in [1.82, 2.24) is 9.71 Å². The highest BCUT2D eigenvalue weighted by atomic mass is 32.2. The van der Waals surface area contributed by atoms with Crippen molar-refractivity contribution in [2.75, 3.05) is 14.2 Å². The zero-order valence-electron chi connectivity index (χ0n) is 16.9. The Morgan fingerprint density at radius 2 is 1.83 bits per heavy atom. The summed E-state index contributed by atoms with van der Waals surface area (Å²) >= 11 is 2.90. The fourth-order valence-corrected chi connectivity index (χ4v) is 6.17. The second-order valence-corrected chi connectivity index (χ2v) is 10.8. The summed E-state index contributed by atoms with van der Waals surface area (Å²) in [6.45, 7) is 3.50. The van der Waals surface area contributed by atoms with Crippen LogP contribution < -0.4 is 9.46 Å². The lowest BCUT2D eigenvalue weighted by atomic mass is 10.1. The molecule has 3 aromatic rings. The van der Waals surface area contributed by atoms with Gasteiger partial charge in [-0.05, 0) is 48.4 Å². The first kappa shape index (κ1) is 22.5. The number of hydrogen-bond acceptors (Lipinski definition) is 8. The lowest BCUT2D eigenvalue weighted by Gasteiger charge is -2.19. The molecule has 1 heterocycles. The molecule has 0 aliphatic rings. The van der Waals surface area contributed by atoms with Crippen molar-refractivity contribution in [2.24, 2.45) is 5.92 Å². The highest BCUT2D eigenvalue weighted by Crippen LogP contribution is 2.35. The van der Waals surface area contributed by atoms with E-state index in [4.69, 9.17) is 9.47 Å². The quantitative estimate of drug-likeness (QED) is 0.503. The van der Waals surface area contributed by atoms with Gasteiger partial charge in [0.2, 0.25) is 10.0 Å². The number of thiazole rings is 1. The molecular formula is C20H22N2O5S3. The van der Waals surface area contributed by atoms with Gasteiger partial charge >= 0.3 is 5.97 Å². The molecular weight excluding hydrogens is 444 g/mol. The first-order valence-corrected chi connectivity index (χ1v) is 12.2. The van der Waals surface area contributed by atoms with Crippen LogP contribution in [0.5, 0.6) is 5.75 Å². The van der Waals surface area contributed by atoms with Gasteiger partial charge in [-0.3, -0.25) is 4.79 Å². The van der Waals surface area contributed by atoms with Crippen LogP contribution in [0.2, 0.25) is 0 Å². The molecule has 0 bridgehead atoms. The third-order valence-corrected chi connectivity index (χ3v) is 7.84. The Morgan fingerprint density at radius 1 is 1.13 bits per heavy atom. The number of benzene rings is 2. The number of hydrogen-bond donors (Lipinski definition) is 1. The van der Waals surface area contributed by atoms with Crippen molar-refractivity contribution in [3.8, 4) is 5.75 Å². The number of sulfonamides is 1. The molecule has 0 aliphatic carbocycles. The minimum atomic E-state index is -3.90. The third kappa shape index (κ3) is 5.12. The Bertz CT molecular complexity index is 1140. The van der Waals surface area contributed by atoms with Crippen LogP contribution in [0, 0.1) is 5.92 Å². The van der Waals surface area contributed by atoms with E-state index in [1.54, 1.807) is 33.1 Å². The summed E-state index contributed by atoms with van der Waals surface area (Å²) < 4.78 is 39.5. The summed E-state index contributed by atoms with van der Waals surface area (Å²) in [6.07, 6.45) is 0. The van der Waals surface area contributed by atoms with Gasteiger partial charge in [0.15, 0.2) is 4.34 Å². The van der Waals surface area contributed by atoms with Crippen molar-refractivity contribution in [2.45, 2.75) is 34.0 Å². The van der Waals surface area contributed by atoms with E-state index >= 15 is 0 Å². The van der Waals surface area contributed by atoms with Crippen molar-refractivity contribution >= 4 is 49.3 Å². The van der Waals surface area contributed by atoms with E-state index in [1.165, 1.54) is 36.3 Å². The van der Waals surface area contributed by atoms with E-state index < -0.39 is 22.0 Å². The number of fused-ring (bicyclic) bond motifs is 1. The smallest absolute Gasteiger partial charge is 0.324 e. The summed E-state index contributed by atoms with van der Waals surface area (Å²) in [5, 5.41) is 0. The van der Waals surface area contributed by atoms with Crippen molar-refractivity contribution in [1.29, 1.82) is 0 Å². The van der Waals surface area contributed by atoms with E-state index in [9.17, 15) is 13.2 Å². The van der Waals surface area contributed by atoms with E-state index in [0.29, 0.717) is 5.52 Å². The average molecular weight is 467 g/mol. The first-order chi connectivity index (χ1) is 14.2. The Morgan fingerprint density at radius 3 is 2.43 bits per heavy atom. The van der Waals surface area contributed by atoms with Gasteiger partial charge in [0.25, 0.3) is 0 Å². The van der Waals surface area contributed by atoms with Crippen LogP contribution in [0.4, 0.5) is 0 Å². The maximum atomic E-state index is 12.8. The second-order valence-electron chi connectivity index (χ2n) is 6.75. The fraction of sp³-hybridized carbons (Fsp3) is 0.300. The number of aromatic nitrogens is 1. The Hall–Kier alpha value is -2.14. The van der Waals surface area contributed by atoms with Gasteiger partial charge in [0, 0.05) is 4.90 Å². The molecule has 2 aromatic carbocycles. The fourth-order valence-electron chi connectivity index (χ4n) is 2.66. The summed E-state index contributed by atoms with van der Waals surface area (Å²) in [6, 6.07) is 11.4. The van der Waals surface area contributed by atoms with Crippen molar-refractivity contribution < 1.29 is 22.7 Å². The van der Waals surface area contributed by atoms with E-state index in [2.05, 4.69) is 9.71 Å². The lowest BCUT2D eigenvalue weighted by molar-refractivity contribution is -0.143. The zero-order valence-corrected chi connectivity index (χ0v) is 19.4. The summed E-state index contributed by atoms with van der Waals surface area (Å²) in [5.41, 5.74) is 0.711. The second kappa shape index (κ2) is 9.34. The molecule has 160 valence electrons. The molecule has 0 unspecified atom stereocenters. The molecule has 1 aromatic heterocycles. The molecule has 0 saturated heterocycles. The highest BCUT2D eigenvalue weighted by molar-refractivity contribution is 8.01. The van der Waals surface area contributed by atoms with Crippen LogP contribution in [0.25, 0.3) is 10.2 Å². The molecule has 1 N–H and O–H groups in total. The molecule has 30 heavy (non-hydrogen) atoms. The van der Waals surface area contributed by atoms with Gasteiger partial charge in [0.05, 0.1) is 29.3 Å². The van der Waals surface area contributed by atoms with E-state index in [-0.39, 0.29) is 10.8 Å². The maximum Gasteiger partial charge on any atom is 0.324 e. The predicted molar refractivity (Wildman–Crippen MR) is 118 cm³/mol. The van der Waals surface area contributed by atoms with Gasteiger partial charge in [-0.1, -0.05) is 25.6 Å². The molecule has 0 spiro atoms. The lowest BCUT2D eigenvalue weighted by Crippen LogP contribution is -2.44. The monoisotopic (exact) mass is 466 g/mol. The van der Waals surface area contributed by atoms with Crippen LogP contribution in [-0.2, 0) is 19.6 Å². The van der Waals surface area contributed by atoms with Crippen LogP contribution in [0.15, 0.2) is 56.6 Å². The maximum absolute atomic E-state index is 12.8. The number of carbonyl (C=O) groups excluding carboxylic acids is 1. The molecule has 0 radical (unpaired) electrons. The Kier molecular flexibility index (Phi) is 7.02. The normalized spacial score (nSPS) is 12.8. The number of nitrogens with zero attached hydrogens (tertiary/aromatic N) is 1. The first-order valence-electron chi connectivity index (χ1n) is 9.06. The predicted octanol–water partition coefficient (Wildman–Crippen LogP) is 3.93. The number of rotatable bonds is 8. The molecule has 0 aliphatic heterocycles. The molecule has 3 rings (SSSR count). The van der Waals surface area contributed by atoms with Gasteiger partial charge in [0.1, 0.15) is 11.8 Å². The number of methoxy groups -OCH3 is 2. The third-order valence-electron chi connectivity index (χ3n) is 4.32. The van der Waals surface area contributed by atoms with Crippen LogP contribution >= 0.6 is 23.1 Å². The number of carbonyl (C=O) groups is 1. The van der Waals surface area contributed by atoms with Crippen molar-refractivity contribution in [3.05, 3.63) is 42.5 Å². The Labute approximate surface area is 183 Å². The number of nitrogens with one attached hydrogen (secondary N) is 1. The minimum Gasteiger partial charge on any atom is -0.497 e. The van der Waals surface area contributed by atoms with E-state index in [0.717, 1.165) is 19.7 Å². The molecule has 7 nitrogen and oxygen atoms in total. The molecule has 10 heteroatoms. The molecule has 1 atom stereocenters. The van der Waals surface area contributed by atoms with Crippen LogP contribution in [-0.4, -0.2) is 39.6 Å². The summed E-state index contributed by atoms with van der Waals surface area (Å²) in [5.74, 6) is -0.102. The standard InChI is InChI=1S/C20H22N2O5S3/c1-12(2)18(19(23)27-4)22-30(24,25)15-9-10-16-17(11-15)29-20(21-16)28-14-7-5-13(26-3)6-8-14/h5-12,18,22H,1-4H3/t18-/m1/s1. The molecule has 0 amide bonds. The molecule has 0 fully saturated rings. The van der Waals surface area contributed by atoms with Gasteiger partial charge in [-0.25, -0.2) is 13.4 Å². The SMILES string of the molecule is COC(=O)[C@H](NS(=O)(=O)c1ccc2nc(Sc3ccc(OC)cc3)sc2c1)C(C)C. The van der Waals surface area contributed by atoms with Gasteiger partial charge in [-0.15, -0.1) is 11.3 Å². The number of esters is 1. The average Bonchev–Trinajstić information content (AvgIpc) is 3.13.